The van der Waals surface area contributed by atoms with Crippen molar-refractivity contribution in [2.75, 3.05) is 44.7 Å². The number of likely N-dealkylation sites (tertiary alicyclic amines) is 1. The Morgan fingerprint density at radius 3 is 2.96 bits per heavy atom. The highest BCUT2D eigenvalue weighted by molar-refractivity contribution is 5.76. The third kappa shape index (κ3) is 3.85. The van der Waals surface area contributed by atoms with Gasteiger partial charge in [0.05, 0.1) is 12.0 Å². The molecule has 23 heavy (non-hydrogen) atoms. The number of carbonyl (C=O) groups excluding carboxylic acids is 1. The molecule has 0 aliphatic carbocycles. The second-order valence-corrected chi connectivity index (χ2v) is 6.82. The largest absolute Gasteiger partial charge is 0.388 e. The van der Waals surface area contributed by atoms with E-state index in [1.165, 1.54) is 11.3 Å². The van der Waals surface area contributed by atoms with E-state index in [1.54, 1.807) is 7.05 Å². The van der Waals surface area contributed by atoms with Crippen LogP contribution < -0.4 is 10.2 Å². The SMILES string of the molecule is CNC(=O)CC1(O)CCCN(CCN2CCc3ccccc32)C1. The Bertz CT molecular complexity index is 563. The molecule has 2 heterocycles. The first-order valence-corrected chi connectivity index (χ1v) is 8.58. The minimum absolute atomic E-state index is 0.0807. The fourth-order valence-electron chi connectivity index (χ4n) is 3.83. The Morgan fingerprint density at radius 1 is 1.30 bits per heavy atom. The van der Waals surface area contributed by atoms with Gasteiger partial charge in [0.15, 0.2) is 0 Å². The molecule has 1 saturated heterocycles. The molecule has 2 N–H and O–H groups in total. The summed E-state index contributed by atoms with van der Waals surface area (Å²) >= 11 is 0. The summed E-state index contributed by atoms with van der Waals surface area (Å²) in [5, 5.41) is 13.3. The molecule has 1 unspecified atom stereocenters. The highest BCUT2D eigenvalue weighted by Crippen LogP contribution is 2.28. The summed E-state index contributed by atoms with van der Waals surface area (Å²) in [6.45, 7) is 4.59. The summed E-state index contributed by atoms with van der Waals surface area (Å²) in [4.78, 5) is 16.3. The molecular weight excluding hydrogens is 290 g/mol. The van der Waals surface area contributed by atoms with E-state index >= 15 is 0 Å². The molecule has 3 rings (SSSR count). The Balaban J connectivity index is 1.54. The highest BCUT2D eigenvalue weighted by Gasteiger charge is 2.35. The number of fused-ring (bicyclic) bond motifs is 1. The van der Waals surface area contributed by atoms with Gasteiger partial charge in [0, 0.05) is 38.9 Å². The van der Waals surface area contributed by atoms with Crippen LogP contribution in [0, 0.1) is 0 Å². The number of aliphatic hydroxyl groups is 1. The second-order valence-electron chi connectivity index (χ2n) is 6.82. The zero-order chi connectivity index (χ0) is 16.3. The quantitative estimate of drug-likeness (QED) is 0.851. The number of piperidine rings is 1. The summed E-state index contributed by atoms with van der Waals surface area (Å²) in [6.07, 6.45) is 2.98. The number of para-hydroxylation sites is 1. The van der Waals surface area contributed by atoms with Crippen LogP contribution in [0.4, 0.5) is 5.69 Å². The summed E-state index contributed by atoms with van der Waals surface area (Å²) in [6, 6.07) is 8.60. The number of hydrogen-bond donors (Lipinski definition) is 2. The van der Waals surface area contributed by atoms with Gasteiger partial charge in [-0.2, -0.15) is 0 Å². The van der Waals surface area contributed by atoms with Gasteiger partial charge in [0.1, 0.15) is 0 Å². The highest BCUT2D eigenvalue weighted by atomic mass is 16.3. The van der Waals surface area contributed by atoms with Gasteiger partial charge in [-0.15, -0.1) is 0 Å². The molecule has 1 fully saturated rings. The Morgan fingerprint density at radius 2 is 2.13 bits per heavy atom. The summed E-state index contributed by atoms with van der Waals surface area (Å²) in [5.74, 6) is -0.0807. The molecule has 0 saturated carbocycles. The van der Waals surface area contributed by atoms with Crippen molar-refractivity contribution < 1.29 is 9.90 Å². The van der Waals surface area contributed by atoms with Gasteiger partial charge in [0.2, 0.25) is 5.91 Å². The van der Waals surface area contributed by atoms with Crippen molar-refractivity contribution >= 4 is 11.6 Å². The molecule has 126 valence electrons. The maximum atomic E-state index is 11.6. The van der Waals surface area contributed by atoms with Crippen molar-refractivity contribution in [3.05, 3.63) is 29.8 Å². The zero-order valence-corrected chi connectivity index (χ0v) is 13.9. The third-order valence-electron chi connectivity index (χ3n) is 5.07. The van der Waals surface area contributed by atoms with Crippen LogP contribution in [0.15, 0.2) is 24.3 Å². The van der Waals surface area contributed by atoms with E-state index in [-0.39, 0.29) is 12.3 Å². The fraction of sp³-hybridized carbons (Fsp3) is 0.611. The van der Waals surface area contributed by atoms with E-state index < -0.39 is 5.60 Å². The minimum Gasteiger partial charge on any atom is -0.388 e. The van der Waals surface area contributed by atoms with Gasteiger partial charge in [-0.3, -0.25) is 9.69 Å². The fourth-order valence-corrected chi connectivity index (χ4v) is 3.83. The lowest BCUT2D eigenvalue weighted by Crippen LogP contribution is -2.51. The molecule has 2 aliphatic heterocycles. The van der Waals surface area contributed by atoms with Crippen LogP contribution in [0.3, 0.4) is 0 Å². The molecule has 5 heteroatoms. The van der Waals surface area contributed by atoms with Crippen LogP contribution >= 0.6 is 0 Å². The van der Waals surface area contributed by atoms with Crippen LogP contribution in [0.25, 0.3) is 0 Å². The van der Waals surface area contributed by atoms with E-state index in [1.807, 2.05) is 0 Å². The number of nitrogens with one attached hydrogen (secondary N) is 1. The van der Waals surface area contributed by atoms with Gasteiger partial charge in [0.25, 0.3) is 0 Å². The number of amides is 1. The van der Waals surface area contributed by atoms with E-state index in [4.69, 9.17) is 0 Å². The van der Waals surface area contributed by atoms with E-state index in [0.717, 1.165) is 39.0 Å². The van der Waals surface area contributed by atoms with Crippen molar-refractivity contribution in [1.29, 1.82) is 0 Å². The van der Waals surface area contributed by atoms with Gasteiger partial charge < -0.3 is 15.3 Å². The first-order chi connectivity index (χ1) is 11.1. The average molecular weight is 317 g/mol. The predicted molar refractivity (Wildman–Crippen MR) is 91.7 cm³/mol. The number of anilines is 1. The number of rotatable bonds is 5. The average Bonchev–Trinajstić information content (AvgIpc) is 2.96. The molecule has 2 aliphatic rings. The molecule has 0 bridgehead atoms. The Hall–Kier alpha value is -1.59. The zero-order valence-electron chi connectivity index (χ0n) is 13.9. The van der Waals surface area contributed by atoms with Gasteiger partial charge in [-0.05, 0) is 37.4 Å². The Kier molecular flexibility index (Phi) is 4.87. The van der Waals surface area contributed by atoms with Crippen LogP contribution in [0.2, 0.25) is 0 Å². The maximum Gasteiger partial charge on any atom is 0.222 e. The molecule has 0 spiro atoms. The number of nitrogens with zero attached hydrogens (tertiary/aromatic N) is 2. The first kappa shape index (κ1) is 16.3. The number of benzene rings is 1. The molecule has 1 atom stereocenters. The number of carbonyl (C=O) groups is 1. The molecular formula is C18H27N3O2. The lowest BCUT2D eigenvalue weighted by Gasteiger charge is -2.39. The van der Waals surface area contributed by atoms with Crippen molar-refractivity contribution in [1.82, 2.24) is 10.2 Å². The van der Waals surface area contributed by atoms with E-state index in [2.05, 4.69) is 39.4 Å². The van der Waals surface area contributed by atoms with Crippen LogP contribution in [-0.4, -0.2) is 61.3 Å². The Labute approximate surface area is 138 Å². The van der Waals surface area contributed by atoms with Crippen LogP contribution in [-0.2, 0) is 11.2 Å². The molecule has 1 amide bonds. The van der Waals surface area contributed by atoms with E-state index in [0.29, 0.717) is 13.0 Å². The number of β-amino-alcohol motifs (C(OH)–C–C–N with tert-alkyl or cyclic N) is 1. The van der Waals surface area contributed by atoms with Crippen LogP contribution in [0.5, 0.6) is 0 Å². The minimum atomic E-state index is -0.874. The summed E-state index contributed by atoms with van der Waals surface area (Å²) in [5.41, 5.74) is 1.91. The topological polar surface area (TPSA) is 55.8 Å². The van der Waals surface area contributed by atoms with Crippen LogP contribution in [0.1, 0.15) is 24.8 Å². The normalized spacial score (nSPS) is 24.5. The molecule has 5 nitrogen and oxygen atoms in total. The lowest BCUT2D eigenvalue weighted by atomic mass is 9.89. The standard InChI is InChI=1S/C18H27N3O2/c1-19-17(22)13-18(23)8-4-9-20(14-18)11-12-21-10-7-15-5-2-3-6-16(15)21/h2-3,5-6,23H,4,7-14H2,1H3,(H,19,22). The van der Waals surface area contributed by atoms with Crippen molar-refractivity contribution in [2.24, 2.45) is 0 Å². The van der Waals surface area contributed by atoms with Gasteiger partial charge in [-0.1, -0.05) is 18.2 Å². The van der Waals surface area contributed by atoms with Crippen molar-refractivity contribution in [2.45, 2.75) is 31.3 Å². The predicted octanol–water partition coefficient (Wildman–Crippen LogP) is 1.01. The molecule has 1 aromatic carbocycles. The first-order valence-electron chi connectivity index (χ1n) is 8.58. The molecule has 0 aromatic heterocycles. The summed E-state index contributed by atoms with van der Waals surface area (Å²) < 4.78 is 0. The summed E-state index contributed by atoms with van der Waals surface area (Å²) in [7, 11) is 1.62. The smallest absolute Gasteiger partial charge is 0.222 e. The second kappa shape index (κ2) is 6.89. The molecule has 0 radical (unpaired) electrons. The lowest BCUT2D eigenvalue weighted by molar-refractivity contribution is -0.128. The van der Waals surface area contributed by atoms with E-state index in [9.17, 15) is 9.90 Å². The monoisotopic (exact) mass is 317 g/mol. The maximum absolute atomic E-state index is 11.6. The molecule has 1 aromatic rings. The third-order valence-corrected chi connectivity index (χ3v) is 5.07. The van der Waals surface area contributed by atoms with Gasteiger partial charge >= 0.3 is 0 Å². The van der Waals surface area contributed by atoms with Crippen molar-refractivity contribution in [3.63, 3.8) is 0 Å². The van der Waals surface area contributed by atoms with Crippen molar-refractivity contribution in [3.8, 4) is 0 Å². The number of hydrogen-bond acceptors (Lipinski definition) is 4. The van der Waals surface area contributed by atoms with Gasteiger partial charge in [-0.25, -0.2) is 0 Å².